The molecule has 0 aliphatic carbocycles. The fourth-order valence-corrected chi connectivity index (χ4v) is 4.11. The van der Waals surface area contributed by atoms with Crippen LogP contribution >= 0.6 is 23.2 Å². The number of methoxy groups -OCH3 is 1. The van der Waals surface area contributed by atoms with Gasteiger partial charge in [0.2, 0.25) is 5.88 Å². The number of aromatic nitrogens is 1. The van der Waals surface area contributed by atoms with E-state index >= 15 is 0 Å². The standard InChI is InChI=1S/C24H19Cl2F3N2O6S/c1-35-10-11-36-18-6-2-15(3-9-22(32)31-38(33,34)19-7-4-17(25)5-8-19)21(13-18)37-23-20(26)12-16(14-30-23)24(27,28)29/h2-9,12-14H,10-11H2,1H3,(H,31,32)/b9-3+. The van der Waals surface area contributed by atoms with Crippen LogP contribution < -0.4 is 14.2 Å². The van der Waals surface area contributed by atoms with Crippen LogP contribution in [0, 0.1) is 0 Å². The molecule has 8 nitrogen and oxygen atoms in total. The van der Waals surface area contributed by atoms with Crippen molar-refractivity contribution in [3.63, 3.8) is 0 Å². The van der Waals surface area contributed by atoms with Gasteiger partial charge in [-0.2, -0.15) is 13.2 Å². The number of benzene rings is 2. The van der Waals surface area contributed by atoms with Crippen molar-refractivity contribution in [2.75, 3.05) is 20.3 Å². The van der Waals surface area contributed by atoms with Crippen LogP contribution in [0.25, 0.3) is 6.08 Å². The van der Waals surface area contributed by atoms with Crippen molar-refractivity contribution in [1.29, 1.82) is 0 Å². The van der Waals surface area contributed by atoms with Crippen molar-refractivity contribution in [2.45, 2.75) is 11.1 Å². The topological polar surface area (TPSA) is 104 Å². The zero-order valence-corrected chi connectivity index (χ0v) is 21.8. The summed E-state index contributed by atoms with van der Waals surface area (Å²) >= 11 is 11.7. The number of ether oxygens (including phenoxy) is 3. The summed E-state index contributed by atoms with van der Waals surface area (Å²) in [4.78, 5) is 15.8. The Morgan fingerprint density at radius 1 is 1.08 bits per heavy atom. The summed E-state index contributed by atoms with van der Waals surface area (Å²) in [6, 6.07) is 10.3. The zero-order chi connectivity index (χ0) is 27.9. The molecule has 0 spiro atoms. The van der Waals surface area contributed by atoms with Crippen LogP contribution in [0.2, 0.25) is 10.0 Å². The van der Waals surface area contributed by atoms with E-state index in [2.05, 4.69) is 4.98 Å². The average molecular weight is 591 g/mol. The molecule has 0 aliphatic rings. The molecule has 0 saturated heterocycles. The number of carbonyl (C=O) groups is 1. The molecule has 0 saturated carbocycles. The summed E-state index contributed by atoms with van der Waals surface area (Å²) in [6.45, 7) is 0.474. The minimum absolute atomic E-state index is 0.0127. The molecule has 2 aromatic carbocycles. The second-order valence-electron chi connectivity index (χ2n) is 7.41. The summed E-state index contributed by atoms with van der Waals surface area (Å²) in [5.74, 6) is -0.985. The van der Waals surface area contributed by atoms with Crippen LogP contribution in [0.5, 0.6) is 17.4 Å². The Kier molecular flexibility index (Phi) is 9.60. The highest BCUT2D eigenvalue weighted by Crippen LogP contribution is 2.36. The van der Waals surface area contributed by atoms with Crippen molar-refractivity contribution in [3.05, 3.63) is 82.0 Å². The third kappa shape index (κ3) is 8.09. The number of rotatable bonds is 10. The van der Waals surface area contributed by atoms with Gasteiger partial charge in [0.1, 0.15) is 23.1 Å². The number of carbonyl (C=O) groups excluding carboxylic acids is 1. The number of hydrogen-bond acceptors (Lipinski definition) is 7. The van der Waals surface area contributed by atoms with Crippen molar-refractivity contribution < 1.29 is 40.6 Å². The fraction of sp³-hybridized carbons (Fsp3) is 0.167. The number of hydrogen-bond donors (Lipinski definition) is 1. The number of sulfonamides is 1. The van der Waals surface area contributed by atoms with E-state index in [9.17, 15) is 26.4 Å². The van der Waals surface area contributed by atoms with Crippen LogP contribution in [0.15, 0.2) is 65.7 Å². The second kappa shape index (κ2) is 12.5. The SMILES string of the molecule is COCCOc1ccc(/C=C/C(=O)NS(=O)(=O)c2ccc(Cl)cc2)c(Oc2ncc(C(F)(F)F)cc2Cl)c1. The summed E-state index contributed by atoms with van der Waals surface area (Å²) in [6.07, 6.45) is -1.93. The molecule has 3 aromatic rings. The van der Waals surface area contributed by atoms with Crippen molar-refractivity contribution in [3.8, 4) is 17.4 Å². The third-order valence-electron chi connectivity index (χ3n) is 4.66. The lowest BCUT2D eigenvalue weighted by molar-refractivity contribution is -0.137. The van der Waals surface area contributed by atoms with Crippen LogP contribution in [0.3, 0.4) is 0 Å². The molecule has 0 radical (unpaired) electrons. The predicted molar refractivity (Wildman–Crippen MR) is 134 cm³/mol. The average Bonchev–Trinajstić information content (AvgIpc) is 2.84. The number of amides is 1. The Labute approximate surface area is 226 Å². The third-order valence-corrected chi connectivity index (χ3v) is 6.54. The number of halogens is 5. The van der Waals surface area contributed by atoms with E-state index in [1.54, 1.807) is 0 Å². The highest BCUT2D eigenvalue weighted by Gasteiger charge is 2.32. The smallest absolute Gasteiger partial charge is 0.417 e. The molecule has 1 aromatic heterocycles. The second-order valence-corrected chi connectivity index (χ2v) is 9.93. The molecule has 3 rings (SSSR count). The quantitative estimate of drug-likeness (QED) is 0.237. The number of nitrogens with one attached hydrogen (secondary N) is 1. The Balaban J connectivity index is 1.86. The molecule has 1 N–H and O–H groups in total. The molecule has 0 bridgehead atoms. The van der Waals surface area contributed by atoms with E-state index in [4.69, 9.17) is 37.4 Å². The van der Waals surface area contributed by atoms with Crippen LogP contribution in [0.4, 0.5) is 13.2 Å². The van der Waals surface area contributed by atoms with Gasteiger partial charge < -0.3 is 14.2 Å². The van der Waals surface area contributed by atoms with Gasteiger partial charge in [0.05, 0.1) is 17.1 Å². The molecule has 0 atom stereocenters. The Morgan fingerprint density at radius 3 is 2.42 bits per heavy atom. The number of alkyl halides is 3. The summed E-state index contributed by atoms with van der Waals surface area (Å²) in [5, 5.41) is -0.0905. The first-order valence-corrected chi connectivity index (χ1v) is 12.8. The van der Waals surface area contributed by atoms with E-state index in [-0.39, 0.29) is 35.3 Å². The van der Waals surface area contributed by atoms with Gasteiger partial charge in [0.15, 0.2) is 0 Å². The van der Waals surface area contributed by atoms with Gasteiger partial charge in [-0.25, -0.2) is 18.1 Å². The lowest BCUT2D eigenvalue weighted by Crippen LogP contribution is -2.28. The normalized spacial score (nSPS) is 11.9. The minimum atomic E-state index is -4.65. The first-order valence-electron chi connectivity index (χ1n) is 10.6. The van der Waals surface area contributed by atoms with Crippen molar-refractivity contribution in [2.24, 2.45) is 0 Å². The maximum atomic E-state index is 12.9. The van der Waals surface area contributed by atoms with Crippen molar-refractivity contribution in [1.82, 2.24) is 9.71 Å². The lowest BCUT2D eigenvalue weighted by atomic mass is 10.1. The fourth-order valence-electron chi connectivity index (χ4n) is 2.84. The zero-order valence-electron chi connectivity index (χ0n) is 19.5. The molecule has 0 aliphatic heterocycles. The molecule has 0 unspecified atom stereocenters. The highest BCUT2D eigenvalue weighted by molar-refractivity contribution is 7.90. The van der Waals surface area contributed by atoms with E-state index < -0.39 is 32.7 Å². The summed E-state index contributed by atoms with van der Waals surface area (Å²) in [7, 11) is -2.68. The molecule has 202 valence electrons. The van der Waals surface area contributed by atoms with Gasteiger partial charge >= 0.3 is 6.18 Å². The predicted octanol–water partition coefficient (Wildman–Crippen LogP) is 5.74. The largest absolute Gasteiger partial charge is 0.491 e. The number of nitrogens with zero attached hydrogens (tertiary/aromatic N) is 1. The van der Waals surface area contributed by atoms with E-state index in [1.165, 1.54) is 55.7 Å². The molecular weight excluding hydrogens is 572 g/mol. The highest BCUT2D eigenvalue weighted by atomic mass is 35.5. The van der Waals surface area contributed by atoms with Gasteiger partial charge in [-0.1, -0.05) is 23.2 Å². The van der Waals surface area contributed by atoms with Gasteiger partial charge in [-0.3, -0.25) is 4.79 Å². The minimum Gasteiger partial charge on any atom is -0.491 e. The van der Waals surface area contributed by atoms with Gasteiger partial charge in [-0.15, -0.1) is 0 Å². The van der Waals surface area contributed by atoms with Crippen LogP contribution in [-0.4, -0.2) is 39.6 Å². The summed E-state index contributed by atoms with van der Waals surface area (Å²) in [5.41, 5.74) is -0.828. The van der Waals surface area contributed by atoms with Gasteiger partial charge in [0, 0.05) is 36.0 Å². The van der Waals surface area contributed by atoms with E-state index in [1.807, 2.05) is 4.72 Å². The summed E-state index contributed by atoms with van der Waals surface area (Å²) < 4.78 is 81.6. The molecule has 0 fully saturated rings. The van der Waals surface area contributed by atoms with Crippen LogP contribution in [-0.2, 0) is 25.7 Å². The van der Waals surface area contributed by atoms with Crippen LogP contribution in [0.1, 0.15) is 11.1 Å². The van der Waals surface area contributed by atoms with Crippen molar-refractivity contribution >= 4 is 45.2 Å². The van der Waals surface area contributed by atoms with E-state index in [0.717, 1.165) is 6.08 Å². The molecule has 1 amide bonds. The first-order chi connectivity index (χ1) is 17.9. The molecule has 1 heterocycles. The lowest BCUT2D eigenvalue weighted by Gasteiger charge is -2.13. The maximum absolute atomic E-state index is 12.9. The number of pyridine rings is 1. The maximum Gasteiger partial charge on any atom is 0.417 e. The van der Waals surface area contributed by atoms with Gasteiger partial charge in [0.25, 0.3) is 15.9 Å². The molecule has 14 heteroatoms. The first kappa shape index (κ1) is 29.2. The Morgan fingerprint density at radius 2 is 1.79 bits per heavy atom. The Hall–Kier alpha value is -3.32. The molecule has 38 heavy (non-hydrogen) atoms. The monoisotopic (exact) mass is 590 g/mol. The molecular formula is C24H19Cl2F3N2O6S. The Bertz CT molecular complexity index is 1430. The van der Waals surface area contributed by atoms with E-state index in [0.29, 0.717) is 23.0 Å². The van der Waals surface area contributed by atoms with Gasteiger partial charge in [-0.05, 0) is 48.5 Å².